The zero-order chi connectivity index (χ0) is 21.4. The first kappa shape index (κ1) is 19.8. The van der Waals surface area contributed by atoms with Crippen molar-refractivity contribution in [3.8, 4) is 0 Å². The van der Waals surface area contributed by atoms with Gasteiger partial charge in [-0.05, 0) is 56.5 Å². The molecule has 1 aliphatic carbocycles. The number of amides is 1. The average Bonchev–Trinajstić information content (AvgIpc) is 3.39. The fourth-order valence-electron chi connectivity index (χ4n) is 5.02. The summed E-state index contributed by atoms with van der Waals surface area (Å²) >= 11 is 0. The van der Waals surface area contributed by atoms with Crippen molar-refractivity contribution in [1.82, 2.24) is 24.6 Å². The van der Waals surface area contributed by atoms with Gasteiger partial charge in [0.1, 0.15) is 11.5 Å². The number of aryl methyl sites for hydroxylation is 1. The molecule has 1 aliphatic heterocycles. The number of rotatable bonds is 5. The highest BCUT2D eigenvalue weighted by atomic mass is 16.4. The van der Waals surface area contributed by atoms with Gasteiger partial charge in [0.2, 0.25) is 0 Å². The number of carbonyl (C=O) groups is 1. The van der Waals surface area contributed by atoms with Gasteiger partial charge in [-0.2, -0.15) is 0 Å². The van der Waals surface area contributed by atoms with E-state index < -0.39 is 6.09 Å². The van der Waals surface area contributed by atoms with Crippen LogP contribution in [0.25, 0.3) is 5.65 Å². The molecule has 0 spiro atoms. The number of hydrogen-bond acceptors (Lipinski definition) is 5. The molecule has 162 valence electrons. The Kier molecular flexibility index (Phi) is 5.23. The molecule has 5 rings (SSSR count). The van der Waals surface area contributed by atoms with Crippen molar-refractivity contribution < 1.29 is 9.90 Å². The lowest BCUT2D eigenvalue weighted by molar-refractivity contribution is 0.191. The number of fused-ring (bicyclic) bond motifs is 2. The minimum absolute atomic E-state index is 0.0410. The summed E-state index contributed by atoms with van der Waals surface area (Å²) < 4.78 is 2.12. The normalized spacial score (nSPS) is 20.9. The topological polar surface area (TPSA) is 86.0 Å². The maximum Gasteiger partial charge on any atom is 0.404 e. The van der Waals surface area contributed by atoms with Crippen LogP contribution >= 0.6 is 0 Å². The molecule has 0 radical (unpaired) electrons. The lowest BCUT2D eigenvalue weighted by Crippen LogP contribution is -2.36. The zero-order valence-corrected chi connectivity index (χ0v) is 17.7. The van der Waals surface area contributed by atoms with Crippen LogP contribution in [0.2, 0.25) is 0 Å². The molecule has 1 saturated heterocycles. The summed E-state index contributed by atoms with van der Waals surface area (Å²) in [5.74, 6) is 1.05. The van der Waals surface area contributed by atoms with Crippen molar-refractivity contribution in [3.05, 3.63) is 59.7 Å². The summed E-state index contributed by atoms with van der Waals surface area (Å²) in [5, 5.41) is 11.6. The van der Waals surface area contributed by atoms with E-state index in [2.05, 4.69) is 49.9 Å². The quantitative estimate of drug-likeness (QED) is 0.660. The van der Waals surface area contributed by atoms with E-state index in [9.17, 15) is 4.79 Å². The summed E-state index contributed by atoms with van der Waals surface area (Å²) in [6, 6.07) is 10.6. The predicted octanol–water partition coefficient (Wildman–Crippen LogP) is 3.09. The first-order valence-electron chi connectivity index (χ1n) is 10.9. The van der Waals surface area contributed by atoms with Gasteiger partial charge in [-0.1, -0.05) is 12.1 Å². The Morgan fingerprint density at radius 1 is 1.29 bits per heavy atom. The molecule has 3 aromatic heterocycles. The molecule has 31 heavy (non-hydrogen) atoms. The van der Waals surface area contributed by atoms with Gasteiger partial charge in [-0.15, -0.1) is 0 Å². The van der Waals surface area contributed by atoms with E-state index in [0.717, 1.165) is 49.5 Å². The molecule has 0 aromatic carbocycles. The molecule has 1 fully saturated rings. The Morgan fingerprint density at radius 2 is 2.19 bits per heavy atom. The highest BCUT2D eigenvalue weighted by molar-refractivity contribution is 5.65. The second-order valence-corrected chi connectivity index (χ2v) is 8.60. The lowest BCUT2D eigenvalue weighted by Gasteiger charge is -2.31. The van der Waals surface area contributed by atoms with Crippen LogP contribution in [-0.4, -0.2) is 56.6 Å². The van der Waals surface area contributed by atoms with Crippen LogP contribution in [0.1, 0.15) is 42.3 Å². The number of aromatic nitrogens is 3. The van der Waals surface area contributed by atoms with Crippen molar-refractivity contribution in [2.45, 2.75) is 44.3 Å². The first-order valence-corrected chi connectivity index (χ1v) is 10.9. The number of nitrogens with zero attached hydrogens (tertiary/aromatic N) is 5. The van der Waals surface area contributed by atoms with E-state index >= 15 is 0 Å². The van der Waals surface area contributed by atoms with Crippen molar-refractivity contribution >= 4 is 17.6 Å². The van der Waals surface area contributed by atoms with Gasteiger partial charge in [-0.25, -0.2) is 9.78 Å². The Labute approximate surface area is 181 Å². The van der Waals surface area contributed by atoms with Gasteiger partial charge in [0.15, 0.2) is 0 Å². The molecule has 0 bridgehead atoms. The number of hydrogen-bond donors (Lipinski definition) is 2. The van der Waals surface area contributed by atoms with E-state index in [4.69, 9.17) is 10.1 Å². The molecule has 8 nitrogen and oxygen atoms in total. The van der Waals surface area contributed by atoms with E-state index in [1.807, 2.05) is 24.4 Å². The molecule has 2 N–H and O–H groups in total. The minimum Gasteiger partial charge on any atom is -0.465 e. The van der Waals surface area contributed by atoms with Crippen molar-refractivity contribution in [3.63, 3.8) is 0 Å². The molecule has 2 aliphatic rings. The van der Waals surface area contributed by atoms with E-state index in [-0.39, 0.29) is 6.04 Å². The van der Waals surface area contributed by atoms with Crippen molar-refractivity contribution in [2.75, 3.05) is 25.0 Å². The second kappa shape index (κ2) is 8.19. The molecule has 3 aromatic rings. The molecule has 0 saturated carbocycles. The third-order valence-electron chi connectivity index (χ3n) is 6.47. The number of imidazole rings is 1. The Morgan fingerprint density at radius 3 is 3.06 bits per heavy atom. The maximum atomic E-state index is 11.0. The van der Waals surface area contributed by atoms with Crippen LogP contribution in [0.4, 0.5) is 10.6 Å². The third kappa shape index (κ3) is 3.95. The van der Waals surface area contributed by atoms with Gasteiger partial charge in [0, 0.05) is 32.0 Å². The van der Waals surface area contributed by atoms with Gasteiger partial charge >= 0.3 is 6.09 Å². The van der Waals surface area contributed by atoms with E-state index in [1.54, 1.807) is 0 Å². The van der Waals surface area contributed by atoms with E-state index in [1.165, 1.54) is 17.7 Å². The summed E-state index contributed by atoms with van der Waals surface area (Å²) in [4.78, 5) is 25.1. The van der Waals surface area contributed by atoms with Gasteiger partial charge < -0.3 is 15.3 Å². The zero-order valence-electron chi connectivity index (χ0n) is 17.7. The highest BCUT2D eigenvalue weighted by Gasteiger charge is 2.27. The number of anilines is 1. The summed E-state index contributed by atoms with van der Waals surface area (Å²) in [5.41, 5.74) is 4.51. The fraction of sp³-hybridized carbons (Fsp3) is 0.435. The largest absolute Gasteiger partial charge is 0.465 e. The standard InChI is InChI=1S/C23H28N6O2/c1-27(19-7-2-5-16-6-4-11-24-22(16)19)13-18-15-29-20(25-18)8-3-9-21(29)28-12-10-17(14-28)26-23(30)31/h3-4,6,8-9,11,15,17,19,26H,2,5,7,10,12-14H2,1H3,(H,30,31)/t17-,19+/m1/s1. The van der Waals surface area contributed by atoms with Crippen LogP contribution < -0.4 is 10.2 Å². The molecule has 0 unspecified atom stereocenters. The monoisotopic (exact) mass is 420 g/mol. The molecular formula is C23H28N6O2. The van der Waals surface area contributed by atoms with Crippen LogP contribution in [0.3, 0.4) is 0 Å². The van der Waals surface area contributed by atoms with Crippen molar-refractivity contribution in [1.29, 1.82) is 0 Å². The van der Waals surface area contributed by atoms with Gasteiger partial charge in [0.05, 0.1) is 23.5 Å². The summed E-state index contributed by atoms with van der Waals surface area (Å²) in [6.07, 6.45) is 7.26. The van der Waals surface area contributed by atoms with Crippen LogP contribution in [-0.2, 0) is 13.0 Å². The molecular weight excluding hydrogens is 392 g/mol. The third-order valence-corrected chi connectivity index (χ3v) is 6.47. The predicted molar refractivity (Wildman–Crippen MR) is 118 cm³/mol. The summed E-state index contributed by atoms with van der Waals surface area (Å²) in [6.45, 7) is 2.25. The first-order chi connectivity index (χ1) is 15.1. The summed E-state index contributed by atoms with van der Waals surface area (Å²) in [7, 11) is 2.15. The number of pyridine rings is 2. The number of carboxylic acid groups (broad SMARTS) is 1. The minimum atomic E-state index is -0.961. The smallest absolute Gasteiger partial charge is 0.404 e. The second-order valence-electron chi connectivity index (χ2n) is 8.60. The molecule has 8 heteroatoms. The molecule has 2 atom stereocenters. The Bertz CT molecular complexity index is 1100. The maximum absolute atomic E-state index is 11.0. The highest BCUT2D eigenvalue weighted by Crippen LogP contribution is 2.32. The molecule has 1 amide bonds. The SMILES string of the molecule is CN(Cc1cn2c(N3CC[C@@H](NC(=O)O)C3)cccc2n1)[C@H]1CCCc2cccnc21. The average molecular weight is 421 g/mol. The lowest BCUT2D eigenvalue weighted by atomic mass is 9.91. The molecule has 4 heterocycles. The van der Waals surface area contributed by atoms with Crippen LogP contribution in [0.15, 0.2) is 42.7 Å². The fourth-order valence-corrected chi connectivity index (χ4v) is 5.02. The number of nitrogens with one attached hydrogen (secondary N) is 1. The van der Waals surface area contributed by atoms with Crippen LogP contribution in [0, 0.1) is 0 Å². The van der Waals surface area contributed by atoms with Gasteiger partial charge in [0.25, 0.3) is 0 Å². The van der Waals surface area contributed by atoms with E-state index in [0.29, 0.717) is 12.6 Å². The van der Waals surface area contributed by atoms with Gasteiger partial charge in [-0.3, -0.25) is 14.3 Å². The Hall–Kier alpha value is -3.13. The van der Waals surface area contributed by atoms with Crippen molar-refractivity contribution in [2.24, 2.45) is 0 Å². The van der Waals surface area contributed by atoms with Crippen LogP contribution in [0.5, 0.6) is 0 Å². The Balaban J connectivity index is 1.35.